The van der Waals surface area contributed by atoms with E-state index in [1.165, 1.54) is 24.6 Å². The van der Waals surface area contributed by atoms with Crippen molar-refractivity contribution < 1.29 is 55.7 Å². The van der Waals surface area contributed by atoms with Gasteiger partial charge in [0.1, 0.15) is 6.10 Å². The number of amides is 2. The molecule has 0 aromatic heterocycles. The number of carbonyl (C=O) groups excluding carboxylic acids is 2. The van der Waals surface area contributed by atoms with Gasteiger partial charge in [-0.25, -0.2) is 5.48 Å². The van der Waals surface area contributed by atoms with Crippen LogP contribution in [0.4, 0.5) is 26.3 Å². The molecule has 3 N–H and O–H groups in total. The van der Waals surface area contributed by atoms with Gasteiger partial charge >= 0.3 is 12.4 Å². The van der Waals surface area contributed by atoms with E-state index in [1.807, 2.05) is 0 Å². The summed E-state index contributed by atoms with van der Waals surface area (Å²) in [6, 6.07) is 4.65. The van der Waals surface area contributed by atoms with Crippen LogP contribution < -0.4 is 15.0 Å². The largest absolute Gasteiger partial charge is 0.493 e. The van der Waals surface area contributed by atoms with Gasteiger partial charge in [-0.2, -0.15) is 26.3 Å². The van der Waals surface area contributed by atoms with E-state index >= 15 is 0 Å². The van der Waals surface area contributed by atoms with Crippen molar-refractivity contribution >= 4 is 11.8 Å². The number of aliphatic hydroxyl groups excluding tert-OH is 1. The number of benzene rings is 2. The van der Waals surface area contributed by atoms with Gasteiger partial charge in [0, 0.05) is 13.1 Å². The Morgan fingerprint density at radius 1 is 0.950 bits per heavy atom. The lowest BCUT2D eigenvalue weighted by atomic mass is 9.90. The molecule has 1 aliphatic rings. The van der Waals surface area contributed by atoms with Gasteiger partial charge in [-0.05, 0) is 72.7 Å². The fourth-order valence-corrected chi connectivity index (χ4v) is 4.66. The van der Waals surface area contributed by atoms with Gasteiger partial charge in [0.25, 0.3) is 5.91 Å². The first-order valence-electron chi connectivity index (χ1n) is 12.1. The lowest BCUT2D eigenvalue weighted by Gasteiger charge is -2.33. The highest BCUT2D eigenvalue weighted by Gasteiger charge is 2.38. The van der Waals surface area contributed by atoms with Crippen LogP contribution in [-0.4, -0.2) is 53.9 Å². The molecule has 1 aliphatic heterocycles. The molecule has 0 bridgehead atoms. The summed E-state index contributed by atoms with van der Waals surface area (Å²) < 4.78 is 89.7. The first-order valence-corrected chi connectivity index (χ1v) is 12.1. The van der Waals surface area contributed by atoms with Gasteiger partial charge < -0.3 is 19.5 Å². The monoisotopic (exact) mass is 578 g/mol. The molecule has 3 rings (SSSR count). The minimum atomic E-state index is -5.01. The van der Waals surface area contributed by atoms with Crippen LogP contribution in [0, 0.1) is 5.92 Å². The van der Waals surface area contributed by atoms with E-state index in [1.54, 1.807) is 12.1 Å². The zero-order chi connectivity index (χ0) is 29.8. The van der Waals surface area contributed by atoms with E-state index < -0.39 is 47.3 Å². The number of hydrogen-bond acceptors (Lipinski definition) is 6. The van der Waals surface area contributed by atoms with Gasteiger partial charge in [0.2, 0.25) is 5.91 Å². The van der Waals surface area contributed by atoms with Crippen LogP contribution in [0.3, 0.4) is 0 Å². The van der Waals surface area contributed by atoms with E-state index in [2.05, 4.69) is 0 Å². The third-order valence-electron chi connectivity index (χ3n) is 6.73. The van der Waals surface area contributed by atoms with Crippen LogP contribution in [0.2, 0.25) is 0 Å². The van der Waals surface area contributed by atoms with Crippen molar-refractivity contribution in [3.63, 3.8) is 0 Å². The summed E-state index contributed by atoms with van der Waals surface area (Å²) in [5, 5.41) is 19.4. The van der Waals surface area contributed by atoms with Crippen molar-refractivity contribution in [3.8, 4) is 11.5 Å². The molecule has 1 heterocycles. The van der Waals surface area contributed by atoms with Gasteiger partial charge in [-0.3, -0.25) is 14.8 Å². The van der Waals surface area contributed by atoms with Crippen LogP contribution in [0.1, 0.15) is 40.7 Å². The molecule has 0 fully saturated rings. The average molecular weight is 579 g/mol. The number of hydroxylamine groups is 1. The summed E-state index contributed by atoms with van der Waals surface area (Å²) in [5.41, 5.74) is -0.342. The maximum atomic E-state index is 13.4. The fraction of sp³-hybridized carbons (Fsp3) is 0.462. The van der Waals surface area contributed by atoms with Gasteiger partial charge in [-0.1, -0.05) is 0 Å². The molecule has 0 unspecified atom stereocenters. The number of carbonyl (C=O) groups is 2. The number of methoxy groups -OCH3 is 2. The number of fused-ring (bicyclic) bond motifs is 1. The van der Waals surface area contributed by atoms with E-state index in [9.17, 15) is 41.0 Å². The zero-order valence-corrected chi connectivity index (χ0v) is 21.5. The Balaban J connectivity index is 1.81. The molecular weight excluding hydrogens is 550 g/mol. The van der Waals surface area contributed by atoms with Crippen LogP contribution in [0.25, 0.3) is 0 Å². The predicted octanol–water partition coefficient (Wildman–Crippen LogP) is 4.13. The van der Waals surface area contributed by atoms with Gasteiger partial charge in [0.15, 0.2) is 11.5 Å². The summed E-state index contributed by atoms with van der Waals surface area (Å²) in [6.45, 7) is 0.287. The predicted molar refractivity (Wildman–Crippen MR) is 127 cm³/mol. The normalized spacial score (nSPS) is 15.2. The maximum absolute atomic E-state index is 13.4. The highest BCUT2D eigenvalue weighted by atomic mass is 19.4. The Hall–Kier alpha value is -3.52. The molecule has 220 valence electrons. The number of nitrogens with one attached hydrogen (secondary N) is 1. The Kier molecular flexibility index (Phi) is 9.56. The lowest BCUT2D eigenvalue weighted by molar-refractivity contribution is -0.151. The maximum Gasteiger partial charge on any atom is 0.416 e. The van der Waals surface area contributed by atoms with Crippen LogP contribution in [0.5, 0.6) is 11.5 Å². The number of halogens is 6. The summed E-state index contributed by atoms with van der Waals surface area (Å²) in [5.74, 6) is -2.46. The zero-order valence-electron chi connectivity index (χ0n) is 21.5. The van der Waals surface area contributed by atoms with Gasteiger partial charge in [-0.15, -0.1) is 0 Å². The van der Waals surface area contributed by atoms with Crippen molar-refractivity contribution in [2.75, 3.05) is 20.8 Å². The summed E-state index contributed by atoms with van der Waals surface area (Å²) in [4.78, 5) is 26.8. The average Bonchev–Trinajstić information content (AvgIpc) is 2.91. The molecule has 0 saturated carbocycles. The molecule has 0 saturated heterocycles. The lowest BCUT2D eigenvalue weighted by Crippen LogP contribution is -2.48. The Morgan fingerprint density at radius 3 is 2.00 bits per heavy atom. The third-order valence-corrected chi connectivity index (χ3v) is 6.73. The number of aliphatic hydroxyl groups is 1. The Morgan fingerprint density at radius 2 is 1.50 bits per heavy atom. The molecule has 0 spiro atoms. The van der Waals surface area contributed by atoms with Crippen LogP contribution in [0.15, 0.2) is 30.3 Å². The Bertz CT molecular complexity index is 1200. The number of alkyl halides is 6. The standard InChI is InChI=1S/C26H28F6N2O6/c1-39-20-10-15-6-7-34(13-16(15)11-21(20)40-2)24(37)19(22(35)23(36)33-38)5-3-4-14-8-17(25(27,28)29)12-18(9-14)26(30,31)32/h8-12,19,22,35,38H,3-7,13H2,1-2H3,(H,33,36)/t19-,22+/m1/s1. The molecule has 2 atom stereocenters. The minimum Gasteiger partial charge on any atom is -0.493 e. The molecule has 2 aromatic carbocycles. The molecule has 0 radical (unpaired) electrons. The smallest absolute Gasteiger partial charge is 0.416 e. The van der Waals surface area contributed by atoms with Crippen molar-refractivity contribution in [2.45, 2.75) is 50.7 Å². The SMILES string of the molecule is COc1cc2c(cc1OC)CN(C(=O)[C@H](CCCc1cc(C(F)(F)F)cc(C(F)(F)F)c1)[C@H](O)C(=O)NO)CC2. The molecule has 14 heteroatoms. The van der Waals surface area contributed by atoms with Crippen molar-refractivity contribution in [2.24, 2.45) is 5.92 Å². The van der Waals surface area contributed by atoms with E-state index in [0.717, 1.165) is 11.1 Å². The van der Waals surface area contributed by atoms with Crippen molar-refractivity contribution in [3.05, 3.63) is 58.1 Å². The topological polar surface area (TPSA) is 108 Å². The highest BCUT2D eigenvalue weighted by Crippen LogP contribution is 2.37. The second-order valence-electron chi connectivity index (χ2n) is 9.32. The van der Waals surface area contributed by atoms with E-state index in [-0.39, 0.29) is 44.0 Å². The van der Waals surface area contributed by atoms with E-state index in [0.29, 0.717) is 30.1 Å². The molecule has 2 amide bonds. The molecule has 2 aromatic rings. The van der Waals surface area contributed by atoms with Crippen LogP contribution >= 0.6 is 0 Å². The molecule has 40 heavy (non-hydrogen) atoms. The molecule has 0 aliphatic carbocycles. The second-order valence-corrected chi connectivity index (χ2v) is 9.32. The van der Waals surface area contributed by atoms with Crippen molar-refractivity contribution in [1.29, 1.82) is 0 Å². The van der Waals surface area contributed by atoms with Gasteiger partial charge in [0.05, 0.1) is 31.3 Å². The number of rotatable bonds is 9. The quantitative estimate of drug-likeness (QED) is 0.235. The van der Waals surface area contributed by atoms with E-state index in [4.69, 9.17) is 14.7 Å². The first-order chi connectivity index (χ1) is 18.7. The van der Waals surface area contributed by atoms with Crippen LogP contribution in [-0.2, 0) is 41.3 Å². The number of hydrogen-bond donors (Lipinski definition) is 3. The third kappa shape index (κ3) is 7.16. The summed E-state index contributed by atoms with van der Waals surface area (Å²) in [7, 11) is 2.92. The summed E-state index contributed by atoms with van der Waals surface area (Å²) >= 11 is 0. The summed E-state index contributed by atoms with van der Waals surface area (Å²) in [6.07, 6.45) is -12.3. The number of aryl methyl sites for hydroxylation is 1. The Labute approximate surface area is 225 Å². The highest BCUT2D eigenvalue weighted by molar-refractivity contribution is 5.88. The van der Waals surface area contributed by atoms with Crippen molar-refractivity contribution in [1.82, 2.24) is 10.4 Å². The first kappa shape index (κ1) is 31.0. The second kappa shape index (κ2) is 12.3. The molecular formula is C26H28F6N2O6. The minimum absolute atomic E-state index is 0.0178. The number of nitrogens with zero attached hydrogens (tertiary/aromatic N) is 1. The molecule has 8 nitrogen and oxygen atoms in total. The number of ether oxygens (including phenoxy) is 2. The fourth-order valence-electron chi connectivity index (χ4n) is 4.66.